The van der Waals surface area contributed by atoms with Crippen molar-refractivity contribution in [1.82, 2.24) is 5.32 Å². The second-order valence-electron chi connectivity index (χ2n) is 4.48. The molecule has 0 amide bonds. The summed E-state index contributed by atoms with van der Waals surface area (Å²) < 4.78 is 5.92. The molecule has 0 aromatic carbocycles. The van der Waals surface area contributed by atoms with Gasteiger partial charge in [-0.2, -0.15) is 0 Å². The Balaban J connectivity index is 2.52. The van der Waals surface area contributed by atoms with E-state index in [9.17, 15) is 0 Å². The normalized spacial score (nSPS) is 26.9. The molecule has 0 aromatic heterocycles. The molecule has 0 saturated carbocycles. The number of rotatable bonds is 4. The van der Waals surface area contributed by atoms with Crippen LogP contribution in [0.2, 0.25) is 0 Å². The summed E-state index contributed by atoms with van der Waals surface area (Å²) in [4.78, 5) is 0. The van der Waals surface area contributed by atoms with Gasteiger partial charge in [-0.15, -0.1) is 6.42 Å². The predicted octanol–water partition coefficient (Wildman–Crippen LogP) is 2.34. The van der Waals surface area contributed by atoms with Crippen LogP contribution in [0.3, 0.4) is 0 Å². The molecule has 15 heavy (non-hydrogen) atoms. The minimum atomic E-state index is 0.0875. The van der Waals surface area contributed by atoms with Crippen molar-refractivity contribution in [3.05, 3.63) is 0 Å². The zero-order valence-electron chi connectivity index (χ0n) is 10.2. The molecule has 0 aliphatic carbocycles. The molecule has 0 spiro atoms. The van der Waals surface area contributed by atoms with Crippen molar-refractivity contribution in [2.24, 2.45) is 0 Å². The summed E-state index contributed by atoms with van der Waals surface area (Å²) in [5.74, 6) is 2.72. The molecule has 1 rings (SSSR count). The summed E-state index contributed by atoms with van der Waals surface area (Å²) >= 11 is 0. The molecule has 1 N–H and O–H groups in total. The molecule has 2 heteroatoms. The van der Waals surface area contributed by atoms with Crippen LogP contribution in [0, 0.1) is 12.3 Å². The Morgan fingerprint density at radius 3 is 2.73 bits per heavy atom. The molecule has 0 aromatic rings. The highest BCUT2D eigenvalue weighted by atomic mass is 16.5. The topological polar surface area (TPSA) is 21.3 Å². The molecule has 2 atom stereocenters. The Kier molecular flexibility index (Phi) is 4.63. The summed E-state index contributed by atoms with van der Waals surface area (Å²) in [5, 5.41) is 3.48. The van der Waals surface area contributed by atoms with Gasteiger partial charge in [0.05, 0.1) is 11.6 Å². The quantitative estimate of drug-likeness (QED) is 0.718. The standard InChI is InChI=1S/C13H23NO/c1-5-11(4)14-12-8-9-15-13(6-2,7-3)10-12/h1,11-12,14H,6-10H2,2-4H3. The number of ether oxygens (including phenoxy) is 1. The van der Waals surface area contributed by atoms with Crippen LogP contribution in [0.5, 0.6) is 0 Å². The lowest BCUT2D eigenvalue weighted by Crippen LogP contribution is -2.48. The van der Waals surface area contributed by atoms with Gasteiger partial charge in [-0.05, 0) is 32.6 Å². The highest BCUT2D eigenvalue weighted by Crippen LogP contribution is 2.31. The fourth-order valence-corrected chi connectivity index (χ4v) is 2.31. The average molecular weight is 209 g/mol. The monoisotopic (exact) mass is 209 g/mol. The van der Waals surface area contributed by atoms with E-state index in [4.69, 9.17) is 11.2 Å². The molecule has 1 saturated heterocycles. The van der Waals surface area contributed by atoms with Crippen LogP contribution in [0.25, 0.3) is 0 Å². The van der Waals surface area contributed by atoms with E-state index in [-0.39, 0.29) is 11.6 Å². The molecular weight excluding hydrogens is 186 g/mol. The van der Waals surface area contributed by atoms with Crippen molar-refractivity contribution < 1.29 is 4.74 Å². The maximum Gasteiger partial charge on any atom is 0.0692 e. The van der Waals surface area contributed by atoms with Gasteiger partial charge in [-0.25, -0.2) is 0 Å². The molecule has 2 nitrogen and oxygen atoms in total. The molecule has 86 valence electrons. The fraction of sp³-hybridized carbons (Fsp3) is 0.846. The van der Waals surface area contributed by atoms with Crippen LogP contribution < -0.4 is 5.32 Å². The SMILES string of the molecule is C#CC(C)NC1CCOC(CC)(CC)C1. The first-order valence-electron chi connectivity index (χ1n) is 6.02. The number of hydrogen-bond acceptors (Lipinski definition) is 2. The highest BCUT2D eigenvalue weighted by molar-refractivity contribution is 4.99. The van der Waals surface area contributed by atoms with Gasteiger partial charge in [0.1, 0.15) is 0 Å². The van der Waals surface area contributed by atoms with Gasteiger partial charge in [0, 0.05) is 12.6 Å². The first kappa shape index (κ1) is 12.5. The molecule has 1 fully saturated rings. The first-order chi connectivity index (χ1) is 7.15. The number of terminal acetylenes is 1. The van der Waals surface area contributed by atoms with E-state index in [1.165, 1.54) is 0 Å². The van der Waals surface area contributed by atoms with Crippen molar-refractivity contribution in [3.63, 3.8) is 0 Å². The van der Waals surface area contributed by atoms with E-state index in [0.29, 0.717) is 6.04 Å². The summed E-state index contributed by atoms with van der Waals surface area (Å²) in [5.41, 5.74) is 0.0875. The van der Waals surface area contributed by atoms with Gasteiger partial charge in [0.2, 0.25) is 0 Å². The van der Waals surface area contributed by atoms with E-state index < -0.39 is 0 Å². The molecule has 0 bridgehead atoms. The van der Waals surface area contributed by atoms with Crippen molar-refractivity contribution >= 4 is 0 Å². The van der Waals surface area contributed by atoms with Crippen LogP contribution >= 0.6 is 0 Å². The Bertz CT molecular complexity index is 227. The number of nitrogens with one attached hydrogen (secondary N) is 1. The molecule has 1 aliphatic rings. The summed E-state index contributed by atoms with van der Waals surface area (Å²) in [6.07, 6.45) is 9.72. The van der Waals surface area contributed by atoms with Crippen molar-refractivity contribution in [2.75, 3.05) is 6.61 Å². The van der Waals surface area contributed by atoms with E-state index in [1.54, 1.807) is 0 Å². The van der Waals surface area contributed by atoms with Crippen molar-refractivity contribution in [2.45, 2.75) is 64.1 Å². The fourth-order valence-electron chi connectivity index (χ4n) is 2.31. The second kappa shape index (κ2) is 5.53. The minimum Gasteiger partial charge on any atom is -0.375 e. The Labute approximate surface area is 93.8 Å². The molecule has 2 unspecified atom stereocenters. The van der Waals surface area contributed by atoms with Gasteiger partial charge in [-0.1, -0.05) is 19.8 Å². The maximum absolute atomic E-state index is 5.92. The van der Waals surface area contributed by atoms with E-state index in [2.05, 4.69) is 25.1 Å². The zero-order valence-corrected chi connectivity index (χ0v) is 10.2. The Hall–Kier alpha value is -0.520. The zero-order chi connectivity index (χ0) is 11.3. The van der Waals surface area contributed by atoms with E-state index in [1.807, 2.05) is 6.92 Å². The lowest BCUT2D eigenvalue weighted by Gasteiger charge is -2.40. The van der Waals surface area contributed by atoms with Gasteiger partial charge in [-0.3, -0.25) is 0 Å². The van der Waals surface area contributed by atoms with Gasteiger partial charge in [0.15, 0.2) is 0 Å². The third kappa shape index (κ3) is 3.22. The summed E-state index contributed by atoms with van der Waals surface area (Å²) in [7, 11) is 0. The lowest BCUT2D eigenvalue weighted by molar-refractivity contribution is -0.0933. The van der Waals surface area contributed by atoms with Crippen LogP contribution in [0.4, 0.5) is 0 Å². The Morgan fingerprint density at radius 2 is 2.20 bits per heavy atom. The van der Waals surface area contributed by atoms with E-state index in [0.717, 1.165) is 32.3 Å². The van der Waals surface area contributed by atoms with Crippen LogP contribution in [-0.2, 0) is 4.74 Å². The van der Waals surface area contributed by atoms with Crippen LogP contribution in [0.1, 0.15) is 46.5 Å². The third-order valence-corrected chi connectivity index (χ3v) is 3.52. The smallest absolute Gasteiger partial charge is 0.0692 e. The van der Waals surface area contributed by atoms with Gasteiger partial charge in [0.25, 0.3) is 0 Å². The molecule has 1 heterocycles. The third-order valence-electron chi connectivity index (χ3n) is 3.52. The van der Waals surface area contributed by atoms with Gasteiger partial charge < -0.3 is 10.1 Å². The minimum absolute atomic E-state index is 0.0875. The summed E-state index contributed by atoms with van der Waals surface area (Å²) in [6.45, 7) is 7.30. The van der Waals surface area contributed by atoms with E-state index >= 15 is 0 Å². The largest absolute Gasteiger partial charge is 0.375 e. The highest BCUT2D eigenvalue weighted by Gasteiger charge is 2.34. The molecule has 1 aliphatic heterocycles. The van der Waals surface area contributed by atoms with Gasteiger partial charge >= 0.3 is 0 Å². The lowest BCUT2D eigenvalue weighted by atomic mass is 9.85. The first-order valence-corrected chi connectivity index (χ1v) is 6.02. The second-order valence-corrected chi connectivity index (χ2v) is 4.48. The van der Waals surface area contributed by atoms with Crippen molar-refractivity contribution in [1.29, 1.82) is 0 Å². The van der Waals surface area contributed by atoms with Crippen molar-refractivity contribution in [3.8, 4) is 12.3 Å². The maximum atomic E-state index is 5.92. The molecule has 0 radical (unpaired) electrons. The summed E-state index contributed by atoms with van der Waals surface area (Å²) in [6, 6.07) is 0.684. The average Bonchev–Trinajstić information content (AvgIpc) is 2.29. The molecular formula is C13H23NO. The predicted molar refractivity (Wildman–Crippen MR) is 63.7 cm³/mol. The van der Waals surface area contributed by atoms with Crippen LogP contribution in [-0.4, -0.2) is 24.3 Å². The van der Waals surface area contributed by atoms with Crippen LogP contribution in [0.15, 0.2) is 0 Å². The number of hydrogen-bond donors (Lipinski definition) is 1. The Morgan fingerprint density at radius 1 is 1.53 bits per heavy atom.